The molecule has 2 heteroatoms. The Balaban J connectivity index is 1.75. The highest BCUT2D eigenvalue weighted by molar-refractivity contribution is 5.20. The third kappa shape index (κ3) is 4.22. The maximum absolute atomic E-state index is 3.44. The zero-order valence-corrected chi connectivity index (χ0v) is 10.4. The van der Waals surface area contributed by atoms with E-state index in [1.54, 1.807) is 0 Å². The van der Waals surface area contributed by atoms with Gasteiger partial charge in [0.2, 0.25) is 0 Å². The Kier molecular flexibility index (Phi) is 4.61. The highest BCUT2D eigenvalue weighted by Crippen LogP contribution is 1.99. The average Bonchev–Trinajstić information content (AvgIpc) is 2.36. The molecule has 1 aromatic carbocycles. The molecule has 0 spiro atoms. The van der Waals surface area contributed by atoms with E-state index in [-0.39, 0.29) is 0 Å². The molecule has 1 heterocycles. The number of rotatable bonds is 2. The van der Waals surface area contributed by atoms with Gasteiger partial charge in [-0.2, -0.15) is 0 Å². The number of hydrogen-bond donors (Lipinski definition) is 1. The molecule has 90 valence electrons. The number of nitrogens with zero attached hydrogens (tertiary/aromatic N) is 1. The lowest BCUT2D eigenvalue weighted by atomic mass is 10.1. The third-order valence-corrected chi connectivity index (χ3v) is 3.02. The van der Waals surface area contributed by atoms with Crippen molar-refractivity contribution in [3.63, 3.8) is 0 Å². The summed E-state index contributed by atoms with van der Waals surface area (Å²) in [6, 6.07) is 11.0. The maximum Gasteiger partial charge on any atom is 0.0602 e. The molecule has 0 aliphatic carbocycles. The second-order valence-corrected chi connectivity index (χ2v) is 4.61. The first-order valence-electron chi connectivity index (χ1n) is 6.30. The highest BCUT2D eigenvalue weighted by Gasteiger charge is 2.13. The summed E-state index contributed by atoms with van der Waals surface area (Å²) < 4.78 is 0. The molecule has 1 N–H and O–H groups in total. The van der Waals surface area contributed by atoms with Crippen LogP contribution in [0.25, 0.3) is 0 Å². The first-order chi connectivity index (χ1) is 8.34. The minimum Gasteiger partial charge on any atom is -0.312 e. The van der Waals surface area contributed by atoms with Gasteiger partial charge in [0.25, 0.3) is 0 Å². The summed E-state index contributed by atoms with van der Waals surface area (Å²) in [6.45, 7) is 6.44. The summed E-state index contributed by atoms with van der Waals surface area (Å²) in [4.78, 5) is 2.42. The topological polar surface area (TPSA) is 15.3 Å². The van der Waals surface area contributed by atoms with E-state index in [2.05, 4.69) is 53.2 Å². The Morgan fingerprint density at radius 1 is 1.29 bits per heavy atom. The molecule has 1 saturated heterocycles. The van der Waals surface area contributed by atoms with Crippen LogP contribution in [-0.2, 0) is 6.42 Å². The van der Waals surface area contributed by atoms with Crippen molar-refractivity contribution in [2.24, 2.45) is 0 Å². The summed E-state index contributed by atoms with van der Waals surface area (Å²) in [5.41, 5.74) is 1.30. The SMILES string of the molecule is CC1CN(CC#CCc2ccccc2)CCN1. The van der Waals surface area contributed by atoms with Gasteiger partial charge in [0.1, 0.15) is 0 Å². The molecule has 1 atom stereocenters. The molecule has 2 rings (SSSR count). The molecule has 0 radical (unpaired) electrons. The molecular weight excluding hydrogens is 208 g/mol. The van der Waals surface area contributed by atoms with Crippen molar-refractivity contribution in [2.45, 2.75) is 19.4 Å². The Morgan fingerprint density at radius 3 is 2.88 bits per heavy atom. The molecule has 17 heavy (non-hydrogen) atoms. The average molecular weight is 228 g/mol. The lowest BCUT2D eigenvalue weighted by molar-refractivity contribution is 0.229. The van der Waals surface area contributed by atoms with E-state index in [1.165, 1.54) is 5.56 Å². The Bertz CT molecular complexity index is 388. The van der Waals surface area contributed by atoms with Crippen LogP contribution in [0, 0.1) is 11.8 Å². The highest BCUT2D eigenvalue weighted by atomic mass is 15.2. The van der Waals surface area contributed by atoms with Crippen molar-refractivity contribution in [1.29, 1.82) is 0 Å². The first kappa shape index (κ1) is 12.2. The summed E-state index contributed by atoms with van der Waals surface area (Å²) in [7, 11) is 0. The zero-order chi connectivity index (χ0) is 11.9. The minimum absolute atomic E-state index is 0.597. The van der Waals surface area contributed by atoms with Crippen molar-refractivity contribution in [3.05, 3.63) is 35.9 Å². The molecule has 2 nitrogen and oxygen atoms in total. The van der Waals surface area contributed by atoms with Crippen LogP contribution < -0.4 is 5.32 Å². The minimum atomic E-state index is 0.597. The number of benzene rings is 1. The van der Waals surface area contributed by atoms with Crippen molar-refractivity contribution in [3.8, 4) is 11.8 Å². The second-order valence-electron chi connectivity index (χ2n) is 4.61. The largest absolute Gasteiger partial charge is 0.312 e. The van der Waals surface area contributed by atoms with E-state index in [9.17, 15) is 0 Å². The van der Waals surface area contributed by atoms with E-state index in [1.807, 2.05) is 6.07 Å². The quantitative estimate of drug-likeness (QED) is 0.772. The van der Waals surface area contributed by atoms with Gasteiger partial charge < -0.3 is 5.32 Å². The number of hydrogen-bond acceptors (Lipinski definition) is 2. The number of nitrogens with one attached hydrogen (secondary N) is 1. The summed E-state index contributed by atoms with van der Waals surface area (Å²) in [6.07, 6.45) is 0.864. The van der Waals surface area contributed by atoms with Crippen LogP contribution in [0.4, 0.5) is 0 Å². The fourth-order valence-corrected chi connectivity index (χ4v) is 2.08. The van der Waals surface area contributed by atoms with Gasteiger partial charge in [0, 0.05) is 32.1 Å². The molecule has 0 bridgehead atoms. The van der Waals surface area contributed by atoms with E-state index in [0.29, 0.717) is 6.04 Å². The van der Waals surface area contributed by atoms with Crippen LogP contribution in [0.1, 0.15) is 12.5 Å². The summed E-state index contributed by atoms with van der Waals surface area (Å²) >= 11 is 0. The molecule has 0 aromatic heterocycles. The summed E-state index contributed by atoms with van der Waals surface area (Å²) in [5, 5.41) is 3.44. The standard InChI is InChI=1S/C15H20N2/c1-14-13-17(12-10-16-14)11-6-5-9-15-7-3-2-4-8-15/h2-4,7-8,14,16H,9-13H2,1H3. The van der Waals surface area contributed by atoms with Crippen molar-refractivity contribution in [1.82, 2.24) is 10.2 Å². The normalized spacial score (nSPS) is 20.6. The van der Waals surface area contributed by atoms with Gasteiger partial charge in [-0.15, -0.1) is 0 Å². The van der Waals surface area contributed by atoms with Crippen molar-refractivity contribution in [2.75, 3.05) is 26.2 Å². The second kappa shape index (κ2) is 6.44. The number of piperazine rings is 1. The summed E-state index contributed by atoms with van der Waals surface area (Å²) in [5.74, 6) is 6.52. The molecule has 1 aromatic rings. The van der Waals surface area contributed by atoms with Gasteiger partial charge in [-0.3, -0.25) is 4.90 Å². The fraction of sp³-hybridized carbons (Fsp3) is 0.467. The molecule has 0 amide bonds. The molecular formula is C15H20N2. The monoisotopic (exact) mass is 228 g/mol. The van der Waals surface area contributed by atoms with E-state index >= 15 is 0 Å². The van der Waals surface area contributed by atoms with Crippen LogP contribution in [0.5, 0.6) is 0 Å². The smallest absolute Gasteiger partial charge is 0.0602 e. The van der Waals surface area contributed by atoms with Crippen LogP contribution in [0.15, 0.2) is 30.3 Å². The van der Waals surface area contributed by atoms with Crippen molar-refractivity contribution >= 4 is 0 Å². The molecule has 1 aliphatic rings. The van der Waals surface area contributed by atoms with Crippen LogP contribution in [-0.4, -0.2) is 37.1 Å². The van der Waals surface area contributed by atoms with E-state index < -0.39 is 0 Å². The zero-order valence-electron chi connectivity index (χ0n) is 10.4. The maximum atomic E-state index is 3.44. The predicted octanol–water partition coefficient (Wildman–Crippen LogP) is 1.53. The third-order valence-electron chi connectivity index (χ3n) is 3.02. The Hall–Kier alpha value is -1.30. The van der Waals surface area contributed by atoms with Crippen LogP contribution >= 0.6 is 0 Å². The van der Waals surface area contributed by atoms with Gasteiger partial charge >= 0.3 is 0 Å². The van der Waals surface area contributed by atoms with E-state index in [4.69, 9.17) is 0 Å². The molecule has 1 fully saturated rings. The Labute approximate surface area is 104 Å². The van der Waals surface area contributed by atoms with E-state index in [0.717, 1.165) is 32.6 Å². The Morgan fingerprint density at radius 2 is 2.12 bits per heavy atom. The first-order valence-corrected chi connectivity index (χ1v) is 6.30. The molecule has 1 unspecified atom stereocenters. The van der Waals surface area contributed by atoms with Crippen LogP contribution in [0.2, 0.25) is 0 Å². The predicted molar refractivity (Wildman–Crippen MR) is 71.8 cm³/mol. The lowest BCUT2D eigenvalue weighted by Crippen LogP contribution is -2.49. The molecule has 1 aliphatic heterocycles. The molecule has 0 saturated carbocycles. The van der Waals surface area contributed by atoms with Gasteiger partial charge in [-0.05, 0) is 12.5 Å². The lowest BCUT2D eigenvalue weighted by Gasteiger charge is -2.30. The van der Waals surface area contributed by atoms with Crippen molar-refractivity contribution < 1.29 is 0 Å². The van der Waals surface area contributed by atoms with Crippen LogP contribution in [0.3, 0.4) is 0 Å². The van der Waals surface area contributed by atoms with Gasteiger partial charge in [-0.1, -0.05) is 42.2 Å². The van der Waals surface area contributed by atoms with Gasteiger partial charge in [-0.25, -0.2) is 0 Å². The fourth-order valence-electron chi connectivity index (χ4n) is 2.08. The van der Waals surface area contributed by atoms with Gasteiger partial charge in [0.15, 0.2) is 0 Å². The van der Waals surface area contributed by atoms with Gasteiger partial charge in [0.05, 0.1) is 6.54 Å².